The first-order chi connectivity index (χ1) is 8.72. The van der Waals surface area contributed by atoms with Gasteiger partial charge in [-0.05, 0) is 24.3 Å². The van der Waals surface area contributed by atoms with E-state index in [2.05, 4.69) is 12.0 Å². The van der Waals surface area contributed by atoms with Gasteiger partial charge in [0.1, 0.15) is 11.6 Å². The van der Waals surface area contributed by atoms with Crippen LogP contribution < -0.4 is 4.74 Å². The van der Waals surface area contributed by atoms with Gasteiger partial charge in [-0.3, -0.25) is 0 Å². The third-order valence-electron chi connectivity index (χ3n) is 2.36. The van der Waals surface area contributed by atoms with Gasteiger partial charge in [-0.25, -0.2) is 4.39 Å². The molecule has 1 atom stereocenters. The van der Waals surface area contributed by atoms with Crippen LogP contribution in [-0.4, -0.2) is 0 Å². The van der Waals surface area contributed by atoms with Gasteiger partial charge in [0, 0.05) is 5.56 Å². The van der Waals surface area contributed by atoms with Crippen molar-refractivity contribution in [1.29, 1.82) is 0 Å². The smallest absolute Gasteiger partial charge is 0.185 e. The third-order valence-corrected chi connectivity index (χ3v) is 2.76. The van der Waals surface area contributed by atoms with Crippen molar-refractivity contribution in [2.24, 2.45) is 0 Å². The first-order valence-electron chi connectivity index (χ1n) is 5.25. The number of ether oxygens (including phenoxy) is 1. The van der Waals surface area contributed by atoms with Crippen LogP contribution in [0, 0.1) is 24.2 Å². The van der Waals surface area contributed by atoms with E-state index in [0.717, 1.165) is 0 Å². The van der Waals surface area contributed by atoms with E-state index >= 15 is 0 Å². The molecule has 2 aromatic rings. The minimum atomic E-state index is -0.726. The summed E-state index contributed by atoms with van der Waals surface area (Å²) < 4.78 is 18.9. The maximum absolute atomic E-state index is 13.4. The lowest BCUT2D eigenvalue weighted by Crippen LogP contribution is -2.06. The quantitative estimate of drug-likeness (QED) is 0.756. The fourth-order valence-corrected chi connectivity index (χ4v) is 1.72. The van der Waals surface area contributed by atoms with E-state index < -0.39 is 11.9 Å². The minimum absolute atomic E-state index is 0.0112. The Morgan fingerprint density at radius 3 is 2.67 bits per heavy atom. The first-order valence-corrected chi connectivity index (χ1v) is 5.63. The Morgan fingerprint density at radius 2 is 2.00 bits per heavy atom. The van der Waals surface area contributed by atoms with Crippen LogP contribution in [0.2, 0.25) is 5.02 Å². The van der Waals surface area contributed by atoms with Gasteiger partial charge in [0.15, 0.2) is 6.10 Å². The van der Waals surface area contributed by atoms with Gasteiger partial charge in [0.25, 0.3) is 0 Å². The molecule has 1 nitrogen and oxygen atoms in total. The molecule has 0 amide bonds. The standard InChI is InChI=1S/C15H9ClFO/c1-2-14(18-11-7-4-3-5-8-11)12-9-6-10-13(17)15(12)16/h1,4-10,14H. The van der Waals surface area contributed by atoms with E-state index in [1.807, 2.05) is 0 Å². The average Bonchev–Trinajstić information content (AvgIpc) is 2.41. The summed E-state index contributed by atoms with van der Waals surface area (Å²) in [6, 6.07) is 14.2. The largest absolute Gasteiger partial charge is 0.473 e. The topological polar surface area (TPSA) is 9.23 Å². The van der Waals surface area contributed by atoms with Crippen molar-refractivity contribution in [2.45, 2.75) is 6.10 Å². The highest BCUT2D eigenvalue weighted by atomic mass is 35.5. The molecule has 0 fully saturated rings. The van der Waals surface area contributed by atoms with Crippen LogP contribution in [0.5, 0.6) is 5.75 Å². The molecular formula is C15H9ClFO. The monoisotopic (exact) mass is 259 g/mol. The van der Waals surface area contributed by atoms with Gasteiger partial charge < -0.3 is 4.74 Å². The van der Waals surface area contributed by atoms with E-state index in [-0.39, 0.29) is 5.02 Å². The molecule has 0 N–H and O–H groups in total. The van der Waals surface area contributed by atoms with Gasteiger partial charge in [-0.15, -0.1) is 6.42 Å². The predicted molar refractivity (Wildman–Crippen MR) is 68.9 cm³/mol. The Kier molecular flexibility index (Phi) is 3.86. The number of rotatable bonds is 3. The molecule has 0 aliphatic carbocycles. The normalized spacial score (nSPS) is 11.6. The SMILES string of the molecule is C#CC(Oc1cc[c]cc1)c1cccc(F)c1Cl. The molecule has 0 aliphatic rings. The number of benzene rings is 2. The molecule has 0 spiro atoms. The van der Waals surface area contributed by atoms with Crippen LogP contribution in [-0.2, 0) is 0 Å². The number of halogens is 2. The van der Waals surface area contributed by atoms with Crippen molar-refractivity contribution in [3.05, 3.63) is 64.9 Å². The van der Waals surface area contributed by atoms with Crippen LogP contribution in [0.25, 0.3) is 0 Å². The molecule has 18 heavy (non-hydrogen) atoms. The lowest BCUT2D eigenvalue weighted by atomic mass is 10.1. The van der Waals surface area contributed by atoms with Crippen molar-refractivity contribution >= 4 is 11.6 Å². The highest BCUT2D eigenvalue weighted by Crippen LogP contribution is 2.28. The van der Waals surface area contributed by atoms with Crippen LogP contribution >= 0.6 is 11.6 Å². The molecule has 1 radical (unpaired) electrons. The molecule has 0 aliphatic heterocycles. The highest BCUT2D eigenvalue weighted by molar-refractivity contribution is 6.31. The Balaban J connectivity index is 2.30. The molecule has 0 saturated carbocycles. The molecule has 2 aromatic carbocycles. The summed E-state index contributed by atoms with van der Waals surface area (Å²) in [6.07, 6.45) is 4.68. The van der Waals surface area contributed by atoms with E-state index in [1.165, 1.54) is 6.07 Å². The van der Waals surface area contributed by atoms with E-state index in [9.17, 15) is 4.39 Å². The Labute approximate surface area is 110 Å². The average molecular weight is 260 g/mol. The van der Waals surface area contributed by atoms with E-state index in [0.29, 0.717) is 11.3 Å². The Hall–Kier alpha value is -1.98. The number of hydrogen-bond donors (Lipinski definition) is 0. The second kappa shape index (κ2) is 5.57. The van der Waals surface area contributed by atoms with Crippen molar-refractivity contribution in [3.8, 4) is 18.1 Å². The summed E-state index contributed by atoms with van der Waals surface area (Å²) in [4.78, 5) is 0. The summed E-state index contributed by atoms with van der Waals surface area (Å²) in [5, 5.41) is -0.0112. The van der Waals surface area contributed by atoms with Gasteiger partial charge in [0.05, 0.1) is 5.02 Å². The first kappa shape index (κ1) is 12.5. The van der Waals surface area contributed by atoms with Crippen LogP contribution in [0.3, 0.4) is 0 Å². The Morgan fingerprint density at radius 1 is 1.28 bits per heavy atom. The summed E-state index contributed by atoms with van der Waals surface area (Å²) in [6.45, 7) is 0. The summed E-state index contributed by atoms with van der Waals surface area (Å²) in [7, 11) is 0. The summed E-state index contributed by atoms with van der Waals surface area (Å²) in [5.41, 5.74) is 0.437. The molecule has 3 heteroatoms. The van der Waals surface area contributed by atoms with Crippen molar-refractivity contribution < 1.29 is 9.13 Å². The van der Waals surface area contributed by atoms with Crippen molar-refractivity contribution in [2.75, 3.05) is 0 Å². The van der Waals surface area contributed by atoms with E-state index in [1.54, 1.807) is 36.4 Å². The molecule has 1 unspecified atom stereocenters. The lowest BCUT2D eigenvalue weighted by molar-refractivity contribution is 0.264. The fraction of sp³-hybridized carbons (Fsp3) is 0.0667. The molecule has 89 valence electrons. The maximum Gasteiger partial charge on any atom is 0.185 e. The number of hydrogen-bond acceptors (Lipinski definition) is 1. The summed E-state index contributed by atoms with van der Waals surface area (Å²) >= 11 is 5.88. The summed E-state index contributed by atoms with van der Waals surface area (Å²) in [5.74, 6) is 2.52. The molecule has 0 bridgehead atoms. The Bertz CT molecular complexity index is 575. The predicted octanol–water partition coefficient (Wildman–Crippen LogP) is 4.03. The molecule has 0 saturated heterocycles. The van der Waals surface area contributed by atoms with Crippen molar-refractivity contribution in [1.82, 2.24) is 0 Å². The van der Waals surface area contributed by atoms with E-state index in [4.69, 9.17) is 22.8 Å². The molecular weight excluding hydrogens is 251 g/mol. The van der Waals surface area contributed by atoms with Gasteiger partial charge in [-0.1, -0.05) is 41.8 Å². The second-order valence-corrected chi connectivity index (χ2v) is 3.92. The highest BCUT2D eigenvalue weighted by Gasteiger charge is 2.16. The molecule has 0 aromatic heterocycles. The third kappa shape index (κ3) is 2.64. The van der Waals surface area contributed by atoms with Crippen LogP contribution in [0.15, 0.2) is 42.5 Å². The van der Waals surface area contributed by atoms with Gasteiger partial charge >= 0.3 is 0 Å². The van der Waals surface area contributed by atoms with Crippen LogP contribution in [0.4, 0.5) is 4.39 Å². The second-order valence-electron chi connectivity index (χ2n) is 3.54. The number of terminal acetylenes is 1. The van der Waals surface area contributed by atoms with Gasteiger partial charge in [0.2, 0.25) is 0 Å². The van der Waals surface area contributed by atoms with Crippen molar-refractivity contribution in [3.63, 3.8) is 0 Å². The zero-order valence-electron chi connectivity index (χ0n) is 9.36. The lowest BCUT2D eigenvalue weighted by Gasteiger charge is -2.15. The molecule has 0 heterocycles. The maximum atomic E-state index is 13.4. The molecule has 2 rings (SSSR count). The zero-order chi connectivity index (χ0) is 13.0. The zero-order valence-corrected chi connectivity index (χ0v) is 10.1. The minimum Gasteiger partial charge on any atom is -0.473 e. The van der Waals surface area contributed by atoms with Crippen LogP contribution in [0.1, 0.15) is 11.7 Å². The van der Waals surface area contributed by atoms with Gasteiger partial charge in [-0.2, -0.15) is 0 Å². The fourth-order valence-electron chi connectivity index (χ4n) is 1.50.